The van der Waals surface area contributed by atoms with E-state index in [2.05, 4.69) is 15.3 Å². The number of hydrazone groups is 1. The highest BCUT2D eigenvalue weighted by atomic mass is 19.3. The van der Waals surface area contributed by atoms with Crippen LogP contribution in [0.25, 0.3) is 0 Å². The molecule has 0 radical (unpaired) electrons. The zero-order valence-corrected chi connectivity index (χ0v) is 15.1. The number of hydrogen-bond donors (Lipinski definition) is 1. The van der Waals surface area contributed by atoms with Crippen molar-refractivity contribution in [1.29, 1.82) is 0 Å². The van der Waals surface area contributed by atoms with E-state index in [0.717, 1.165) is 0 Å². The second-order valence-corrected chi connectivity index (χ2v) is 5.65. The van der Waals surface area contributed by atoms with E-state index in [4.69, 9.17) is 9.47 Å². The number of rotatable bonds is 8. The molecule has 0 aliphatic rings. The van der Waals surface area contributed by atoms with Crippen LogP contribution in [0.1, 0.15) is 29.8 Å². The highest BCUT2D eigenvalue weighted by Gasteiger charge is 2.14. The van der Waals surface area contributed by atoms with Crippen LogP contribution >= 0.6 is 0 Å². The Balaban J connectivity index is 2.07. The van der Waals surface area contributed by atoms with Crippen LogP contribution in [0.4, 0.5) is 8.78 Å². The average Bonchev–Trinajstić information content (AvgIpc) is 2.62. The molecule has 6 nitrogen and oxygen atoms in total. The van der Waals surface area contributed by atoms with Gasteiger partial charge in [0, 0.05) is 11.1 Å². The predicted octanol–water partition coefficient (Wildman–Crippen LogP) is 3.85. The smallest absolute Gasteiger partial charge is 0.387 e. The maximum atomic E-state index is 12.6. The third-order valence-electron chi connectivity index (χ3n) is 3.29. The molecule has 1 amide bonds. The van der Waals surface area contributed by atoms with Crippen molar-refractivity contribution in [3.8, 4) is 17.2 Å². The molecule has 0 aromatic heterocycles. The molecule has 0 spiro atoms. The first-order valence-corrected chi connectivity index (χ1v) is 8.12. The number of halogens is 2. The Morgan fingerprint density at radius 1 is 1.11 bits per heavy atom. The van der Waals surface area contributed by atoms with Gasteiger partial charge in [0.2, 0.25) is 0 Å². The summed E-state index contributed by atoms with van der Waals surface area (Å²) in [4.78, 5) is 12.1. The Morgan fingerprint density at radius 2 is 1.81 bits per heavy atom. The third kappa shape index (κ3) is 5.95. The number of methoxy groups -OCH3 is 1. The lowest BCUT2D eigenvalue weighted by Crippen LogP contribution is -2.17. The van der Waals surface area contributed by atoms with Crippen LogP contribution in [0.15, 0.2) is 47.6 Å². The topological polar surface area (TPSA) is 69.2 Å². The number of hydrogen-bond acceptors (Lipinski definition) is 5. The van der Waals surface area contributed by atoms with Gasteiger partial charge in [0.15, 0.2) is 11.5 Å². The second-order valence-electron chi connectivity index (χ2n) is 5.65. The van der Waals surface area contributed by atoms with Crippen molar-refractivity contribution in [1.82, 2.24) is 5.43 Å². The molecule has 0 aliphatic heterocycles. The molecule has 144 valence electrons. The van der Waals surface area contributed by atoms with Crippen molar-refractivity contribution in [2.45, 2.75) is 26.6 Å². The lowest BCUT2D eigenvalue weighted by molar-refractivity contribution is -0.0513. The molecule has 0 atom stereocenters. The Kier molecular flexibility index (Phi) is 7.10. The van der Waals surface area contributed by atoms with E-state index in [1.165, 1.54) is 25.5 Å². The predicted molar refractivity (Wildman–Crippen MR) is 96.9 cm³/mol. The maximum Gasteiger partial charge on any atom is 0.387 e. The van der Waals surface area contributed by atoms with Crippen LogP contribution in [0.3, 0.4) is 0 Å². The number of carbonyl (C=O) groups excluding carboxylic acids is 1. The molecule has 2 aromatic rings. The van der Waals surface area contributed by atoms with Gasteiger partial charge in [0.25, 0.3) is 5.91 Å². The van der Waals surface area contributed by atoms with E-state index < -0.39 is 12.5 Å². The highest BCUT2D eigenvalue weighted by Crippen LogP contribution is 2.31. The monoisotopic (exact) mass is 378 g/mol. The fraction of sp³-hybridized carbons (Fsp3) is 0.263. The first-order valence-electron chi connectivity index (χ1n) is 8.12. The van der Waals surface area contributed by atoms with Crippen molar-refractivity contribution in [3.63, 3.8) is 0 Å². The zero-order valence-electron chi connectivity index (χ0n) is 15.1. The van der Waals surface area contributed by atoms with E-state index >= 15 is 0 Å². The fourth-order valence-electron chi connectivity index (χ4n) is 2.19. The van der Waals surface area contributed by atoms with Crippen molar-refractivity contribution >= 4 is 12.1 Å². The van der Waals surface area contributed by atoms with E-state index in [1.807, 2.05) is 13.8 Å². The average molecular weight is 378 g/mol. The van der Waals surface area contributed by atoms with Gasteiger partial charge in [-0.2, -0.15) is 13.9 Å². The van der Waals surface area contributed by atoms with Crippen LogP contribution in [0.2, 0.25) is 0 Å². The zero-order chi connectivity index (χ0) is 19.8. The summed E-state index contributed by atoms with van der Waals surface area (Å²) in [6, 6.07) is 11.1. The number of carbonyl (C=O) groups is 1. The van der Waals surface area contributed by atoms with Crippen molar-refractivity contribution in [3.05, 3.63) is 53.6 Å². The van der Waals surface area contributed by atoms with Gasteiger partial charge in [-0.05, 0) is 50.2 Å². The minimum absolute atomic E-state index is 0.0294. The molecule has 0 unspecified atom stereocenters. The van der Waals surface area contributed by atoms with Crippen LogP contribution in [0.5, 0.6) is 17.2 Å². The van der Waals surface area contributed by atoms with Crippen LogP contribution in [-0.4, -0.2) is 31.9 Å². The molecule has 0 saturated heterocycles. The number of ether oxygens (including phenoxy) is 3. The molecule has 8 heteroatoms. The number of amides is 1. The van der Waals surface area contributed by atoms with Gasteiger partial charge in [-0.25, -0.2) is 5.43 Å². The molecule has 0 bridgehead atoms. The molecular formula is C19H20F2N2O4. The van der Waals surface area contributed by atoms with E-state index in [0.29, 0.717) is 11.3 Å². The van der Waals surface area contributed by atoms with E-state index in [9.17, 15) is 13.6 Å². The standard InChI is InChI=1S/C19H20F2N2O4/c1-12(2)26-15-9-7-13(8-10-15)18(24)23-22-11-14-5-4-6-16(25-3)17(14)27-19(20)21/h4-12,19H,1-3H3,(H,23,24)/b22-11-. The fourth-order valence-corrected chi connectivity index (χ4v) is 2.19. The Bertz CT molecular complexity index is 793. The van der Waals surface area contributed by atoms with Crippen LogP contribution in [0, 0.1) is 0 Å². The summed E-state index contributed by atoms with van der Waals surface area (Å²) >= 11 is 0. The maximum absolute atomic E-state index is 12.6. The number of alkyl halides is 2. The summed E-state index contributed by atoms with van der Waals surface area (Å²) < 4.78 is 40.2. The van der Waals surface area contributed by atoms with Gasteiger partial charge in [-0.1, -0.05) is 6.07 Å². The first-order chi connectivity index (χ1) is 12.9. The van der Waals surface area contributed by atoms with Crippen LogP contribution < -0.4 is 19.6 Å². The molecule has 0 fully saturated rings. The van der Waals surface area contributed by atoms with Gasteiger partial charge in [0.05, 0.1) is 19.4 Å². The van der Waals surface area contributed by atoms with Crippen LogP contribution in [-0.2, 0) is 0 Å². The minimum atomic E-state index is -3.02. The van der Waals surface area contributed by atoms with Crippen molar-refractivity contribution in [2.75, 3.05) is 7.11 Å². The Labute approximate surface area is 155 Å². The molecule has 1 N–H and O–H groups in total. The highest BCUT2D eigenvalue weighted by molar-refractivity contribution is 5.95. The molecule has 0 aliphatic carbocycles. The first kappa shape index (κ1) is 20.2. The van der Waals surface area contributed by atoms with Crippen molar-refractivity contribution in [2.24, 2.45) is 5.10 Å². The lowest BCUT2D eigenvalue weighted by atomic mass is 10.2. The van der Waals surface area contributed by atoms with Gasteiger partial charge >= 0.3 is 6.61 Å². The molecule has 2 aromatic carbocycles. The molecule has 27 heavy (non-hydrogen) atoms. The van der Waals surface area contributed by atoms with Gasteiger partial charge < -0.3 is 14.2 Å². The summed E-state index contributed by atoms with van der Waals surface area (Å²) in [6.07, 6.45) is 1.23. The number of benzene rings is 2. The minimum Gasteiger partial charge on any atom is -0.493 e. The molecule has 0 saturated carbocycles. The summed E-state index contributed by atoms with van der Waals surface area (Å²) in [5.74, 6) is 0.159. The van der Waals surface area contributed by atoms with E-state index in [-0.39, 0.29) is 23.2 Å². The molecular weight excluding hydrogens is 358 g/mol. The van der Waals surface area contributed by atoms with Gasteiger partial charge in [-0.15, -0.1) is 0 Å². The number of nitrogens with zero attached hydrogens (tertiary/aromatic N) is 1. The number of para-hydroxylation sites is 1. The number of nitrogens with one attached hydrogen (secondary N) is 1. The van der Waals surface area contributed by atoms with E-state index in [1.54, 1.807) is 30.3 Å². The normalized spacial score (nSPS) is 11.1. The summed E-state index contributed by atoms with van der Waals surface area (Å²) in [5.41, 5.74) is 2.94. The Morgan fingerprint density at radius 3 is 2.41 bits per heavy atom. The quantitative estimate of drug-likeness (QED) is 0.560. The van der Waals surface area contributed by atoms with Gasteiger partial charge in [0.1, 0.15) is 5.75 Å². The van der Waals surface area contributed by atoms with Crippen molar-refractivity contribution < 1.29 is 27.8 Å². The molecule has 0 heterocycles. The molecule has 2 rings (SSSR count). The largest absolute Gasteiger partial charge is 0.493 e. The Hall–Kier alpha value is -3.16. The third-order valence-corrected chi connectivity index (χ3v) is 3.29. The summed E-state index contributed by atoms with van der Waals surface area (Å²) in [6.45, 7) is 0.787. The lowest BCUT2D eigenvalue weighted by Gasteiger charge is -2.12. The summed E-state index contributed by atoms with van der Waals surface area (Å²) in [5, 5.41) is 3.80. The second kappa shape index (κ2) is 9.51. The van der Waals surface area contributed by atoms with Gasteiger partial charge in [-0.3, -0.25) is 4.79 Å². The SMILES string of the molecule is COc1cccc(/C=N\NC(=O)c2ccc(OC(C)C)cc2)c1OC(F)F. The summed E-state index contributed by atoms with van der Waals surface area (Å²) in [7, 11) is 1.34.